The minimum absolute atomic E-state index is 0.533. The lowest BCUT2D eigenvalue weighted by Crippen LogP contribution is -2.33. The molecule has 2 saturated heterocycles. The van der Waals surface area contributed by atoms with E-state index in [0.29, 0.717) is 45.8 Å². The number of ether oxygens (including phenoxy) is 2. The Kier molecular flexibility index (Phi) is 7.95. The molecule has 0 aliphatic carbocycles. The Hall–Kier alpha value is -1.79. The number of halogens is 2. The van der Waals surface area contributed by atoms with Crippen LogP contribution in [0.5, 0.6) is 11.5 Å². The van der Waals surface area contributed by atoms with E-state index >= 15 is 0 Å². The Morgan fingerprint density at radius 2 is 1.09 bits per heavy atom. The van der Waals surface area contributed by atoms with Gasteiger partial charge in [-0.2, -0.15) is 0 Å². The van der Waals surface area contributed by atoms with Crippen LogP contribution in [0, 0.1) is 0 Å². The van der Waals surface area contributed by atoms with Gasteiger partial charge < -0.3 is 9.47 Å². The SMILES string of the molecule is Clc1c(OCCN2CCCCC2)ccc2cc3ccc(OCCN4CCCCC4)c(Cl)c3nc12. The van der Waals surface area contributed by atoms with Crippen molar-refractivity contribution in [2.24, 2.45) is 0 Å². The number of fused-ring (bicyclic) bond motifs is 2. The molecular weight excluding hydrogens is 469 g/mol. The van der Waals surface area contributed by atoms with Gasteiger partial charge in [-0.25, -0.2) is 4.98 Å². The third kappa shape index (κ3) is 5.54. The number of pyridine rings is 1. The van der Waals surface area contributed by atoms with Crippen LogP contribution in [0.4, 0.5) is 0 Å². The van der Waals surface area contributed by atoms with E-state index in [2.05, 4.69) is 15.9 Å². The Morgan fingerprint density at radius 3 is 1.53 bits per heavy atom. The number of rotatable bonds is 8. The third-order valence-corrected chi connectivity index (χ3v) is 7.72. The summed E-state index contributed by atoms with van der Waals surface area (Å²) in [4.78, 5) is 9.76. The normalized spacial score (nSPS) is 17.9. The number of benzene rings is 2. The number of nitrogens with zero attached hydrogens (tertiary/aromatic N) is 3. The first-order chi connectivity index (χ1) is 16.7. The van der Waals surface area contributed by atoms with E-state index in [1.165, 1.54) is 38.5 Å². The van der Waals surface area contributed by atoms with Crippen molar-refractivity contribution in [3.8, 4) is 11.5 Å². The van der Waals surface area contributed by atoms with Crippen LogP contribution in [0.2, 0.25) is 10.0 Å². The topological polar surface area (TPSA) is 37.8 Å². The molecule has 0 atom stereocenters. The first-order valence-corrected chi connectivity index (χ1v) is 13.4. The van der Waals surface area contributed by atoms with Gasteiger partial charge in [-0.05, 0) is 82.2 Å². The molecule has 0 amide bonds. The largest absolute Gasteiger partial charge is 0.491 e. The fourth-order valence-electron chi connectivity index (χ4n) is 5.02. The van der Waals surface area contributed by atoms with Crippen LogP contribution >= 0.6 is 23.2 Å². The standard InChI is InChI=1S/C27H33Cl2N3O2/c28-24-22(33-17-15-31-11-3-1-4-12-31)9-7-20-19-21-8-10-23(25(29)27(21)30-26(20)24)34-18-16-32-13-5-2-6-14-32/h7-10,19H,1-6,11-18H2. The Balaban J connectivity index is 1.30. The van der Waals surface area contributed by atoms with Gasteiger partial charge in [0.05, 0.1) is 11.0 Å². The van der Waals surface area contributed by atoms with Crippen molar-refractivity contribution in [1.29, 1.82) is 0 Å². The molecule has 34 heavy (non-hydrogen) atoms. The highest BCUT2D eigenvalue weighted by Gasteiger charge is 2.16. The lowest BCUT2D eigenvalue weighted by Gasteiger charge is -2.26. The van der Waals surface area contributed by atoms with Gasteiger partial charge in [-0.1, -0.05) is 36.0 Å². The lowest BCUT2D eigenvalue weighted by atomic mass is 10.1. The molecule has 2 fully saturated rings. The predicted molar refractivity (Wildman–Crippen MR) is 141 cm³/mol. The molecule has 2 aliphatic rings. The fraction of sp³-hybridized carbons (Fsp3) is 0.519. The predicted octanol–water partition coefficient (Wildman–Crippen LogP) is 6.42. The van der Waals surface area contributed by atoms with Crippen molar-refractivity contribution in [3.05, 3.63) is 40.4 Å². The van der Waals surface area contributed by atoms with Crippen LogP contribution in [0.1, 0.15) is 38.5 Å². The summed E-state index contributed by atoms with van der Waals surface area (Å²) in [6.45, 7) is 7.70. The molecule has 7 heteroatoms. The summed E-state index contributed by atoms with van der Waals surface area (Å²) in [5.41, 5.74) is 1.41. The zero-order chi connectivity index (χ0) is 23.3. The van der Waals surface area contributed by atoms with E-state index in [9.17, 15) is 0 Å². The summed E-state index contributed by atoms with van der Waals surface area (Å²) in [6, 6.07) is 9.98. The minimum Gasteiger partial charge on any atom is -0.491 e. The highest BCUT2D eigenvalue weighted by Crippen LogP contribution is 2.37. The van der Waals surface area contributed by atoms with Crippen molar-refractivity contribution in [1.82, 2.24) is 14.8 Å². The summed E-state index contributed by atoms with van der Waals surface area (Å²) < 4.78 is 12.1. The summed E-state index contributed by atoms with van der Waals surface area (Å²) in [6.07, 6.45) is 7.77. The van der Waals surface area contributed by atoms with Gasteiger partial charge in [0.2, 0.25) is 0 Å². The molecule has 5 nitrogen and oxygen atoms in total. The Labute approximate surface area is 211 Å². The average molecular weight is 502 g/mol. The number of hydrogen-bond donors (Lipinski definition) is 0. The van der Waals surface area contributed by atoms with Crippen molar-refractivity contribution in [2.45, 2.75) is 38.5 Å². The van der Waals surface area contributed by atoms with E-state index in [-0.39, 0.29) is 0 Å². The molecule has 1 aromatic heterocycles. The highest BCUT2D eigenvalue weighted by molar-refractivity contribution is 6.38. The number of piperidine rings is 2. The van der Waals surface area contributed by atoms with Gasteiger partial charge in [0.25, 0.3) is 0 Å². The molecule has 0 spiro atoms. The second kappa shape index (κ2) is 11.3. The maximum absolute atomic E-state index is 6.74. The van der Waals surface area contributed by atoms with Crippen LogP contribution in [-0.4, -0.2) is 67.3 Å². The van der Waals surface area contributed by atoms with Crippen LogP contribution < -0.4 is 9.47 Å². The molecule has 0 unspecified atom stereocenters. The lowest BCUT2D eigenvalue weighted by molar-refractivity contribution is 0.183. The van der Waals surface area contributed by atoms with Gasteiger partial charge in [-0.3, -0.25) is 9.80 Å². The molecule has 2 aliphatic heterocycles. The Bertz CT molecular complexity index is 1040. The molecule has 0 bridgehead atoms. The number of aromatic nitrogens is 1. The van der Waals surface area contributed by atoms with Crippen molar-refractivity contribution in [3.63, 3.8) is 0 Å². The van der Waals surface area contributed by atoms with E-state index in [4.69, 9.17) is 37.7 Å². The first kappa shape index (κ1) is 23.9. The molecule has 182 valence electrons. The molecule has 5 rings (SSSR count). The second-order valence-electron chi connectivity index (χ2n) is 9.39. The monoisotopic (exact) mass is 501 g/mol. The van der Waals surface area contributed by atoms with Crippen molar-refractivity contribution < 1.29 is 9.47 Å². The first-order valence-electron chi connectivity index (χ1n) is 12.6. The molecule has 0 N–H and O–H groups in total. The van der Waals surface area contributed by atoms with E-state index in [0.717, 1.165) is 50.0 Å². The highest BCUT2D eigenvalue weighted by atomic mass is 35.5. The smallest absolute Gasteiger partial charge is 0.140 e. The minimum atomic E-state index is 0.533. The molecule has 3 heterocycles. The Morgan fingerprint density at radius 1 is 0.647 bits per heavy atom. The third-order valence-electron chi connectivity index (χ3n) is 6.99. The summed E-state index contributed by atoms with van der Waals surface area (Å²) in [5.74, 6) is 1.34. The van der Waals surface area contributed by atoms with Gasteiger partial charge in [0, 0.05) is 23.9 Å². The maximum Gasteiger partial charge on any atom is 0.140 e. The summed E-state index contributed by atoms with van der Waals surface area (Å²) >= 11 is 13.5. The van der Waals surface area contributed by atoms with E-state index in [1.54, 1.807) is 0 Å². The molecule has 2 aromatic carbocycles. The molecule has 0 radical (unpaired) electrons. The number of likely N-dealkylation sites (tertiary alicyclic amines) is 2. The van der Waals surface area contributed by atoms with Crippen molar-refractivity contribution >= 4 is 45.0 Å². The van der Waals surface area contributed by atoms with Crippen LogP contribution in [-0.2, 0) is 0 Å². The number of hydrogen-bond acceptors (Lipinski definition) is 5. The van der Waals surface area contributed by atoms with Crippen LogP contribution in [0.3, 0.4) is 0 Å². The van der Waals surface area contributed by atoms with Crippen molar-refractivity contribution in [2.75, 3.05) is 52.5 Å². The second-order valence-corrected chi connectivity index (χ2v) is 10.1. The van der Waals surface area contributed by atoms with Gasteiger partial charge in [0.15, 0.2) is 0 Å². The molecule has 0 saturated carbocycles. The average Bonchev–Trinajstić information content (AvgIpc) is 2.87. The van der Waals surface area contributed by atoms with E-state index < -0.39 is 0 Å². The molecule has 3 aromatic rings. The summed E-state index contributed by atoms with van der Waals surface area (Å²) in [5, 5.41) is 3.00. The van der Waals surface area contributed by atoms with Gasteiger partial charge >= 0.3 is 0 Å². The maximum atomic E-state index is 6.74. The molecular formula is C27H33Cl2N3O2. The van der Waals surface area contributed by atoms with Gasteiger partial charge in [0.1, 0.15) is 34.8 Å². The van der Waals surface area contributed by atoms with Crippen LogP contribution in [0.15, 0.2) is 30.3 Å². The zero-order valence-electron chi connectivity index (χ0n) is 19.7. The quantitative estimate of drug-likeness (QED) is 0.332. The summed E-state index contributed by atoms with van der Waals surface area (Å²) in [7, 11) is 0. The fourth-order valence-corrected chi connectivity index (χ4v) is 5.56. The van der Waals surface area contributed by atoms with E-state index in [1.807, 2.05) is 24.3 Å². The van der Waals surface area contributed by atoms with Gasteiger partial charge in [-0.15, -0.1) is 0 Å². The zero-order valence-corrected chi connectivity index (χ0v) is 21.2. The van der Waals surface area contributed by atoms with Crippen LogP contribution in [0.25, 0.3) is 21.8 Å².